The predicted molar refractivity (Wildman–Crippen MR) is 59.8 cm³/mol. The van der Waals surface area contributed by atoms with Gasteiger partial charge in [0.05, 0.1) is 11.9 Å². The fourth-order valence-corrected chi connectivity index (χ4v) is 1.53. The molecular weight excluding hydrogens is 247 g/mol. The van der Waals surface area contributed by atoms with Crippen LogP contribution in [0, 0.1) is 19.7 Å². The van der Waals surface area contributed by atoms with Gasteiger partial charge in [-0.25, -0.2) is 4.98 Å². The van der Waals surface area contributed by atoms with E-state index in [4.69, 9.17) is 16.3 Å². The van der Waals surface area contributed by atoms with E-state index >= 15 is 0 Å². The Morgan fingerprint density at radius 2 is 2.12 bits per heavy atom. The van der Waals surface area contributed by atoms with Gasteiger partial charge in [0.15, 0.2) is 5.75 Å². The van der Waals surface area contributed by atoms with Crippen LogP contribution in [0.15, 0.2) is 6.20 Å². The summed E-state index contributed by atoms with van der Waals surface area (Å²) >= 11 is 5.58. The van der Waals surface area contributed by atoms with Gasteiger partial charge < -0.3 is 4.74 Å². The fraction of sp³-hybridized carbons (Fsp3) is 0.300. The van der Waals surface area contributed by atoms with Gasteiger partial charge in [0.1, 0.15) is 5.69 Å². The number of hydrogen-bond donors (Lipinski definition) is 0. The maximum Gasteiger partial charge on any atom is 0.260 e. The van der Waals surface area contributed by atoms with Crippen LogP contribution in [0.1, 0.15) is 11.4 Å². The Balaban J connectivity index is 2.41. The second-order valence-electron chi connectivity index (χ2n) is 3.52. The van der Waals surface area contributed by atoms with Crippen molar-refractivity contribution in [1.82, 2.24) is 19.7 Å². The Hall–Kier alpha value is -1.69. The van der Waals surface area contributed by atoms with Crippen LogP contribution in [0.3, 0.4) is 0 Å². The number of nitrogens with zero attached hydrogens (tertiary/aromatic N) is 4. The predicted octanol–water partition coefficient (Wildman–Crippen LogP) is 2.41. The Labute approximate surface area is 102 Å². The van der Waals surface area contributed by atoms with Gasteiger partial charge >= 0.3 is 0 Å². The van der Waals surface area contributed by atoms with Crippen LogP contribution in [-0.4, -0.2) is 19.7 Å². The van der Waals surface area contributed by atoms with Crippen LogP contribution in [-0.2, 0) is 7.05 Å². The van der Waals surface area contributed by atoms with E-state index in [1.807, 2.05) is 6.92 Å². The van der Waals surface area contributed by atoms with Gasteiger partial charge in [0.2, 0.25) is 11.1 Å². The van der Waals surface area contributed by atoms with E-state index in [2.05, 4.69) is 15.1 Å². The lowest BCUT2D eigenvalue weighted by Crippen LogP contribution is -1.96. The second-order valence-corrected chi connectivity index (χ2v) is 3.86. The topological polar surface area (TPSA) is 52.8 Å². The van der Waals surface area contributed by atoms with Crippen molar-refractivity contribution < 1.29 is 9.13 Å². The first-order chi connectivity index (χ1) is 7.99. The molecular formula is C10H10ClFN4O. The highest BCUT2D eigenvalue weighted by atomic mass is 35.5. The molecule has 0 fully saturated rings. The first kappa shape index (κ1) is 11.8. The molecule has 0 bridgehead atoms. The highest BCUT2D eigenvalue weighted by Gasteiger charge is 2.15. The summed E-state index contributed by atoms with van der Waals surface area (Å²) in [6, 6.07) is 0. The lowest BCUT2D eigenvalue weighted by atomic mass is 10.3. The van der Waals surface area contributed by atoms with Crippen molar-refractivity contribution in [3.05, 3.63) is 28.7 Å². The summed E-state index contributed by atoms with van der Waals surface area (Å²) in [5.41, 5.74) is 1.43. The average Bonchev–Trinajstić information content (AvgIpc) is 2.50. The molecule has 0 aliphatic carbocycles. The number of ether oxygens (including phenoxy) is 1. The van der Waals surface area contributed by atoms with Crippen molar-refractivity contribution in [2.45, 2.75) is 13.8 Å². The number of aryl methyl sites for hydroxylation is 2. The van der Waals surface area contributed by atoms with Gasteiger partial charge in [-0.3, -0.25) is 4.68 Å². The summed E-state index contributed by atoms with van der Waals surface area (Å²) in [6.45, 7) is 3.58. The van der Waals surface area contributed by atoms with Gasteiger partial charge in [0, 0.05) is 7.05 Å². The molecule has 0 amide bonds. The molecule has 17 heavy (non-hydrogen) atoms. The third kappa shape index (κ3) is 2.21. The molecule has 0 aromatic carbocycles. The first-order valence-corrected chi connectivity index (χ1v) is 5.23. The van der Waals surface area contributed by atoms with E-state index in [0.717, 1.165) is 11.9 Å². The van der Waals surface area contributed by atoms with Gasteiger partial charge in [-0.15, -0.1) is 0 Å². The van der Waals surface area contributed by atoms with Crippen molar-refractivity contribution in [2.24, 2.45) is 7.05 Å². The maximum atomic E-state index is 13.4. The van der Waals surface area contributed by atoms with Crippen molar-refractivity contribution in [2.75, 3.05) is 0 Å². The molecule has 0 saturated heterocycles. The highest BCUT2D eigenvalue weighted by Crippen LogP contribution is 2.28. The summed E-state index contributed by atoms with van der Waals surface area (Å²) < 4.78 is 20.4. The largest absolute Gasteiger partial charge is 0.432 e. The Bertz CT molecular complexity index is 570. The summed E-state index contributed by atoms with van der Waals surface area (Å²) in [5, 5.41) is 4.08. The molecule has 2 heterocycles. The van der Waals surface area contributed by atoms with E-state index in [1.165, 1.54) is 0 Å². The maximum absolute atomic E-state index is 13.4. The fourth-order valence-electron chi connectivity index (χ4n) is 1.40. The van der Waals surface area contributed by atoms with Gasteiger partial charge in [-0.05, 0) is 25.4 Å². The number of hydrogen-bond acceptors (Lipinski definition) is 4. The molecule has 2 aromatic rings. The lowest BCUT2D eigenvalue weighted by molar-refractivity contribution is 0.414. The first-order valence-electron chi connectivity index (χ1n) is 4.85. The van der Waals surface area contributed by atoms with Gasteiger partial charge in [0.25, 0.3) is 5.88 Å². The molecule has 0 N–H and O–H groups in total. The van der Waals surface area contributed by atoms with Crippen LogP contribution in [0.5, 0.6) is 11.6 Å². The van der Waals surface area contributed by atoms with Crippen LogP contribution >= 0.6 is 11.6 Å². The van der Waals surface area contributed by atoms with E-state index in [1.54, 1.807) is 18.7 Å². The van der Waals surface area contributed by atoms with Crippen molar-refractivity contribution in [3.63, 3.8) is 0 Å². The molecule has 2 rings (SSSR count). The van der Waals surface area contributed by atoms with E-state index in [0.29, 0.717) is 11.4 Å². The quantitative estimate of drug-likeness (QED) is 0.775. The smallest absolute Gasteiger partial charge is 0.260 e. The number of halogens is 2. The lowest BCUT2D eigenvalue weighted by Gasteiger charge is -2.05. The molecule has 0 radical (unpaired) electrons. The average molecular weight is 257 g/mol. The van der Waals surface area contributed by atoms with Gasteiger partial charge in [-0.1, -0.05) is 0 Å². The summed E-state index contributed by atoms with van der Waals surface area (Å²) in [7, 11) is 1.78. The molecule has 0 spiro atoms. The third-order valence-electron chi connectivity index (χ3n) is 2.32. The minimum Gasteiger partial charge on any atom is -0.432 e. The monoisotopic (exact) mass is 256 g/mol. The molecule has 0 aliphatic heterocycles. The molecule has 5 nitrogen and oxygen atoms in total. The van der Waals surface area contributed by atoms with E-state index in [-0.39, 0.29) is 11.2 Å². The van der Waals surface area contributed by atoms with Crippen LogP contribution < -0.4 is 4.74 Å². The zero-order valence-corrected chi connectivity index (χ0v) is 10.3. The summed E-state index contributed by atoms with van der Waals surface area (Å²) in [4.78, 5) is 7.19. The van der Waals surface area contributed by atoms with Crippen molar-refractivity contribution in [1.29, 1.82) is 0 Å². The van der Waals surface area contributed by atoms with E-state index < -0.39 is 5.82 Å². The molecule has 90 valence electrons. The highest BCUT2D eigenvalue weighted by molar-refractivity contribution is 6.28. The second kappa shape index (κ2) is 4.29. The zero-order chi connectivity index (χ0) is 12.6. The van der Waals surface area contributed by atoms with Gasteiger partial charge in [-0.2, -0.15) is 14.5 Å². The normalized spacial score (nSPS) is 10.6. The Kier molecular flexibility index (Phi) is 2.97. The van der Waals surface area contributed by atoms with Crippen LogP contribution in [0.4, 0.5) is 4.39 Å². The molecule has 0 unspecified atom stereocenters. The molecule has 0 atom stereocenters. The number of rotatable bonds is 2. The SMILES string of the molecule is Cc1nn(C)c(C)c1Oc1nc(Cl)ncc1F. The molecule has 0 saturated carbocycles. The standard InChI is InChI=1S/C10H10ClFN4O/c1-5-8(6(2)16(3)15-5)17-9-7(12)4-13-10(11)14-9/h4H,1-3H3. The number of aromatic nitrogens is 4. The molecule has 0 aliphatic rings. The Morgan fingerprint density at radius 1 is 1.41 bits per heavy atom. The summed E-state index contributed by atoms with van der Waals surface area (Å²) in [5.74, 6) is -0.401. The van der Waals surface area contributed by atoms with Crippen molar-refractivity contribution >= 4 is 11.6 Å². The van der Waals surface area contributed by atoms with Crippen molar-refractivity contribution in [3.8, 4) is 11.6 Å². The summed E-state index contributed by atoms with van der Waals surface area (Å²) in [6.07, 6.45) is 0.964. The minimum absolute atomic E-state index is 0.0689. The van der Waals surface area contributed by atoms with Crippen LogP contribution in [0.2, 0.25) is 5.28 Å². The van der Waals surface area contributed by atoms with Crippen LogP contribution in [0.25, 0.3) is 0 Å². The minimum atomic E-state index is -0.669. The molecule has 7 heteroatoms. The van der Waals surface area contributed by atoms with E-state index in [9.17, 15) is 4.39 Å². The Morgan fingerprint density at radius 3 is 2.71 bits per heavy atom. The third-order valence-corrected chi connectivity index (χ3v) is 2.51. The zero-order valence-electron chi connectivity index (χ0n) is 9.53. The molecule has 2 aromatic heterocycles.